The molecule has 0 saturated carbocycles. The molecule has 22 aromatic rings. The summed E-state index contributed by atoms with van der Waals surface area (Å²) < 4.78 is 15.0. The van der Waals surface area contributed by atoms with Gasteiger partial charge in [0.15, 0.2) is 0 Å². The van der Waals surface area contributed by atoms with E-state index < -0.39 is 0 Å². The van der Waals surface area contributed by atoms with Crippen LogP contribution in [0.25, 0.3) is 210 Å². The number of para-hydroxylation sites is 3. The van der Waals surface area contributed by atoms with E-state index in [2.05, 4.69) is 323 Å². The van der Waals surface area contributed by atoms with Gasteiger partial charge in [0, 0.05) is 115 Å². The Kier molecular flexibility index (Phi) is 11.5. The maximum Gasteiger partial charge on any atom is 0.235 e. The molecule has 7 aromatic heterocycles. The number of rotatable bonds is 7. The molecule has 0 aliphatic heterocycles. The molecule has 0 saturated heterocycles. The number of fused-ring (bicyclic) bond motifs is 20. The van der Waals surface area contributed by atoms with Gasteiger partial charge in [-0.25, -0.2) is 9.97 Å². The van der Waals surface area contributed by atoms with Gasteiger partial charge in [0.1, 0.15) is 0 Å². The van der Waals surface area contributed by atoms with Crippen molar-refractivity contribution < 1.29 is 0 Å². The highest BCUT2D eigenvalue weighted by molar-refractivity contribution is 7.26. The second-order valence-electron chi connectivity index (χ2n) is 26.0. The van der Waals surface area contributed by atoms with Crippen LogP contribution in [0.4, 0.5) is 0 Å². The van der Waals surface area contributed by atoms with E-state index in [4.69, 9.17) is 9.97 Å². The van der Waals surface area contributed by atoms with Crippen molar-refractivity contribution >= 4 is 182 Å². The Labute approximate surface area is 572 Å². The quantitative estimate of drug-likeness (QED) is 0.160. The van der Waals surface area contributed by atoms with E-state index in [9.17, 15) is 0 Å². The van der Waals surface area contributed by atoms with Gasteiger partial charge in [-0.2, -0.15) is 0 Å². The summed E-state index contributed by atoms with van der Waals surface area (Å²) in [5, 5.41) is 18.2. The van der Waals surface area contributed by atoms with E-state index in [1.165, 1.54) is 126 Å². The van der Waals surface area contributed by atoms with E-state index >= 15 is 0 Å². The summed E-state index contributed by atoms with van der Waals surface area (Å²) in [7, 11) is 0. The number of nitrogens with zero attached hydrogens (tertiary/aromatic N) is 5. The van der Waals surface area contributed by atoms with Crippen LogP contribution in [0.2, 0.25) is 0 Å². The second-order valence-corrected chi connectivity index (χ2v) is 29.3. The Balaban J connectivity index is 0.703. The zero-order valence-electron chi connectivity index (χ0n) is 52.4. The van der Waals surface area contributed by atoms with Crippen LogP contribution in [0, 0.1) is 0 Å². The van der Waals surface area contributed by atoms with E-state index in [1.807, 2.05) is 34.0 Å². The summed E-state index contributed by atoms with van der Waals surface area (Å²) in [6.45, 7) is 0. The van der Waals surface area contributed by atoms with Gasteiger partial charge in [0.05, 0.1) is 44.3 Å². The van der Waals surface area contributed by atoms with Crippen molar-refractivity contribution in [1.82, 2.24) is 23.7 Å². The van der Waals surface area contributed by atoms with E-state index in [1.54, 1.807) is 0 Å². The highest BCUT2D eigenvalue weighted by Crippen LogP contribution is 2.45. The normalized spacial score (nSPS) is 12.3. The third kappa shape index (κ3) is 8.11. The molecule has 98 heavy (non-hydrogen) atoms. The lowest BCUT2D eigenvalue weighted by Crippen LogP contribution is -2.04. The Morgan fingerprint density at radius 3 is 1.02 bits per heavy atom. The van der Waals surface area contributed by atoms with E-state index in [0.29, 0.717) is 5.95 Å². The molecule has 0 bridgehead atoms. The maximum atomic E-state index is 5.81. The predicted octanol–water partition coefficient (Wildman–Crippen LogP) is 25.8. The largest absolute Gasteiger partial charge is 0.309 e. The SMILES string of the molecule is c1ccc2c(c1)sc1ccc(-c3ccc4c(c3)c3ccccc3n4-c3ccc4cc(-c5nc(-n6c7ccccc7c7cc(-c8ccc9sc%10ccccc%10c9c8)ccc76)nc6ccc(-n7c8ccccc8c8cc(-c9ccc%10sc%11ccccc%11c%10c9)ccc87)cc56)ccc4c3)cc12. The van der Waals surface area contributed by atoms with Crippen molar-refractivity contribution in [2.24, 2.45) is 0 Å². The fourth-order valence-corrected chi connectivity index (χ4v) is 19.3. The number of hydrogen-bond donors (Lipinski definition) is 0. The van der Waals surface area contributed by atoms with Crippen LogP contribution in [-0.2, 0) is 0 Å². The zero-order valence-corrected chi connectivity index (χ0v) is 54.9. The molecular weight excluding hydrogens is 1250 g/mol. The topological polar surface area (TPSA) is 40.6 Å². The van der Waals surface area contributed by atoms with Crippen LogP contribution in [0.15, 0.2) is 309 Å². The van der Waals surface area contributed by atoms with Gasteiger partial charge in [-0.3, -0.25) is 4.57 Å². The Bertz CT molecular complexity index is 7210. The number of benzene rings is 15. The van der Waals surface area contributed by atoms with Gasteiger partial charge in [-0.1, -0.05) is 164 Å². The second kappa shape index (κ2) is 20.7. The van der Waals surface area contributed by atoms with Crippen molar-refractivity contribution in [2.75, 3.05) is 0 Å². The van der Waals surface area contributed by atoms with Crippen LogP contribution in [-0.4, -0.2) is 23.7 Å². The first kappa shape index (κ1) is 54.2. The van der Waals surface area contributed by atoms with Crippen molar-refractivity contribution in [1.29, 1.82) is 0 Å². The molecule has 8 heteroatoms. The summed E-state index contributed by atoms with van der Waals surface area (Å²) in [5.41, 5.74) is 18.8. The maximum absolute atomic E-state index is 5.81. The number of thiophene rings is 3. The van der Waals surface area contributed by atoms with E-state index in [-0.39, 0.29) is 0 Å². The minimum Gasteiger partial charge on any atom is -0.309 e. The van der Waals surface area contributed by atoms with Crippen molar-refractivity contribution in [2.45, 2.75) is 0 Å². The molecule has 0 aliphatic rings. The fraction of sp³-hybridized carbons (Fsp3) is 0. The van der Waals surface area contributed by atoms with Crippen molar-refractivity contribution in [3.63, 3.8) is 0 Å². The lowest BCUT2D eigenvalue weighted by Gasteiger charge is -2.15. The molecule has 0 fully saturated rings. The molecule has 0 N–H and O–H groups in total. The first-order valence-electron chi connectivity index (χ1n) is 33.2. The summed E-state index contributed by atoms with van der Waals surface area (Å²) >= 11 is 5.57. The van der Waals surface area contributed by atoms with Crippen LogP contribution < -0.4 is 0 Å². The monoisotopic (exact) mass is 1300 g/mol. The van der Waals surface area contributed by atoms with Crippen molar-refractivity contribution in [3.05, 3.63) is 309 Å². The molecule has 0 atom stereocenters. The summed E-state index contributed by atoms with van der Waals surface area (Å²) in [5.74, 6) is 0.619. The Morgan fingerprint density at radius 1 is 0.204 bits per heavy atom. The molecular formula is C90H51N5S3. The van der Waals surface area contributed by atoms with Crippen LogP contribution >= 0.6 is 34.0 Å². The first-order valence-corrected chi connectivity index (χ1v) is 35.7. The fourth-order valence-electron chi connectivity index (χ4n) is 16.0. The minimum atomic E-state index is 0.619. The smallest absolute Gasteiger partial charge is 0.235 e. The third-order valence-corrected chi connectivity index (χ3v) is 24.1. The van der Waals surface area contributed by atoms with Crippen LogP contribution in [0.5, 0.6) is 0 Å². The van der Waals surface area contributed by atoms with Gasteiger partial charge in [-0.15, -0.1) is 34.0 Å². The summed E-state index contributed by atoms with van der Waals surface area (Å²) in [6, 6.07) is 115. The lowest BCUT2D eigenvalue weighted by molar-refractivity contribution is 1.01. The molecule has 454 valence electrons. The van der Waals surface area contributed by atoms with Gasteiger partial charge in [0.2, 0.25) is 5.95 Å². The minimum absolute atomic E-state index is 0.619. The molecule has 0 radical (unpaired) electrons. The van der Waals surface area contributed by atoms with Crippen LogP contribution in [0.1, 0.15) is 0 Å². The molecule has 0 unspecified atom stereocenters. The van der Waals surface area contributed by atoms with Gasteiger partial charge in [0.25, 0.3) is 0 Å². The Hall–Kier alpha value is -12.0. The van der Waals surface area contributed by atoms with Gasteiger partial charge in [-0.05, 0) is 190 Å². The predicted molar refractivity (Wildman–Crippen MR) is 420 cm³/mol. The van der Waals surface area contributed by atoms with Gasteiger partial charge >= 0.3 is 0 Å². The van der Waals surface area contributed by atoms with Gasteiger partial charge < -0.3 is 9.13 Å². The van der Waals surface area contributed by atoms with Crippen LogP contribution in [0.3, 0.4) is 0 Å². The summed E-state index contributed by atoms with van der Waals surface area (Å²) in [4.78, 5) is 11.4. The van der Waals surface area contributed by atoms with E-state index in [0.717, 1.165) is 77.1 Å². The highest BCUT2D eigenvalue weighted by Gasteiger charge is 2.23. The average Bonchev–Trinajstić information content (AvgIpc) is 1.51. The zero-order chi connectivity index (χ0) is 63.8. The molecule has 15 aromatic carbocycles. The molecule has 0 spiro atoms. The first-order chi connectivity index (χ1) is 48.5. The molecule has 0 amide bonds. The number of aromatic nitrogens is 5. The highest BCUT2D eigenvalue weighted by atomic mass is 32.1. The molecule has 7 heterocycles. The Morgan fingerprint density at radius 2 is 0.541 bits per heavy atom. The number of hydrogen-bond acceptors (Lipinski definition) is 5. The van der Waals surface area contributed by atoms with Crippen molar-refractivity contribution in [3.8, 4) is 62.0 Å². The lowest BCUT2D eigenvalue weighted by atomic mass is 10.0. The molecule has 0 aliphatic carbocycles. The standard InChI is InChI=1S/C90H51N5S3/c1-7-19-77-63(13-1)69-45-54(57-31-40-86-72(48-57)66-16-4-10-22-83(66)96-86)28-37-80(69)93(77)61-34-27-52-43-60(26-25-53(52)44-61)89-75-51-62(94-78-20-8-2-14-64(78)70-46-55(29-38-81(70)94)58-32-41-87-73(49-58)67-17-5-11-23-84(67)97-87)35-36-76(75)91-90(92-89)95-79-21-9-3-15-65(79)71-47-56(30-39-82(71)95)59-33-42-88-74(50-59)68-18-6-12-24-85(68)98-88/h1-51H. The average molecular weight is 1300 g/mol. The third-order valence-electron chi connectivity index (χ3n) is 20.6. The molecule has 5 nitrogen and oxygen atoms in total. The summed E-state index contributed by atoms with van der Waals surface area (Å²) in [6.07, 6.45) is 0. The molecule has 22 rings (SSSR count).